The monoisotopic (exact) mass is 350 g/mol. The number of fused-ring (bicyclic) bond motifs is 1. The molecule has 0 aromatic carbocycles. The van der Waals surface area contributed by atoms with E-state index in [-0.39, 0.29) is 29.1 Å². The molecule has 0 bridgehead atoms. The van der Waals surface area contributed by atoms with Crippen molar-refractivity contribution < 1.29 is 24.5 Å². The van der Waals surface area contributed by atoms with Crippen molar-refractivity contribution in [3.05, 3.63) is 11.6 Å². The lowest BCUT2D eigenvalue weighted by Crippen LogP contribution is -2.58. The summed E-state index contributed by atoms with van der Waals surface area (Å²) in [6, 6.07) is 0. The highest BCUT2D eigenvalue weighted by Gasteiger charge is 2.66. The summed E-state index contributed by atoms with van der Waals surface area (Å²) in [4.78, 5) is 11.8. The van der Waals surface area contributed by atoms with Crippen molar-refractivity contribution in [1.82, 2.24) is 0 Å². The van der Waals surface area contributed by atoms with Gasteiger partial charge in [0.25, 0.3) is 0 Å². The third-order valence-corrected chi connectivity index (χ3v) is 7.85. The zero-order chi connectivity index (χ0) is 18.0. The summed E-state index contributed by atoms with van der Waals surface area (Å²) in [7, 11) is 0. The second-order valence-corrected chi connectivity index (χ2v) is 9.39. The molecule has 2 heterocycles. The SMILES string of the molecule is CC1(C)[C@@H](O)CC[C@@]2(C)[C@H]1CC[C@@]1(CO1)[C@@H]2C/C=C1/C(=O)OCC1O. The number of allylic oxidation sites excluding steroid dienone is 1. The molecule has 4 aliphatic rings. The fraction of sp³-hybridized carbons (Fsp3) is 0.850. The summed E-state index contributed by atoms with van der Waals surface area (Å²) in [5.74, 6) is 0.344. The molecule has 2 saturated carbocycles. The molecule has 0 radical (unpaired) electrons. The number of carbonyl (C=O) groups excluding carboxylic acids is 1. The summed E-state index contributed by atoms with van der Waals surface area (Å²) in [6.07, 6.45) is 5.44. The quantitative estimate of drug-likeness (QED) is 0.453. The number of epoxide rings is 1. The number of cyclic esters (lactones) is 1. The fourth-order valence-corrected chi connectivity index (χ4v) is 6.21. The van der Waals surface area contributed by atoms with E-state index >= 15 is 0 Å². The molecule has 2 N–H and O–H groups in total. The molecule has 5 nitrogen and oxygen atoms in total. The maximum absolute atomic E-state index is 11.8. The van der Waals surface area contributed by atoms with Gasteiger partial charge in [0.05, 0.1) is 23.9 Å². The van der Waals surface area contributed by atoms with Crippen LogP contribution in [0.25, 0.3) is 0 Å². The third-order valence-electron chi connectivity index (χ3n) is 7.85. The summed E-state index contributed by atoms with van der Waals surface area (Å²) in [6.45, 7) is 7.59. The minimum absolute atomic E-state index is 0.0656. The number of rotatable bonds is 2. The van der Waals surface area contributed by atoms with Crippen LogP contribution in [0, 0.1) is 22.7 Å². The average Bonchev–Trinajstić information content (AvgIpc) is 3.24. The third kappa shape index (κ3) is 2.50. The molecule has 2 aliphatic heterocycles. The predicted octanol–water partition coefficient (Wildman–Crippen LogP) is 2.20. The Hall–Kier alpha value is -0.910. The highest BCUT2D eigenvalue weighted by atomic mass is 16.6. The lowest BCUT2D eigenvalue weighted by atomic mass is 9.45. The number of ether oxygens (including phenoxy) is 2. The molecule has 2 saturated heterocycles. The highest BCUT2D eigenvalue weighted by molar-refractivity contribution is 5.91. The number of aliphatic hydroxyl groups excluding tert-OH is 2. The first kappa shape index (κ1) is 17.5. The second-order valence-electron chi connectivity index (χ2n) is 9.39. The van der Waals surface area contributed by atoms with E-state index in [0.29, 0.717) is 17.4 Å². The molecule has 4 fully saturated rings. The number of hydrogen-bond donors (Lipinski definition) is 2. The summed E-state index contributed by atoms with van der Waals surface area (Å²) >= 11 is 0. The van der Waals surface area contributed by atoms with Crippen molar-refractivity contribution in [2.24, 2.45) is 22.7 Å². The molecule has 25 heavy (non-hydrogen) atoms. The molecular weight excluding hydrogens is 320 g/mol. The zero-order valence-corrected chi connectivity index (χ0v) is 15.5. The van der Waals surface area contributed by atoms with Gasteiger partial charge in [-0.15, -0.1) is 0 Å². The van der Waals surface area contributed by atoms with Crippen LogP contribution in [0.5, 0.6) is 0 Å². The molecule has 0 aromatic rings. The molecule has 1 spiro atoms. The Bertz CT molecular complexity index is 605. The van der Waals surface area contributed by atoms with Crippen LogP contribution in [-0.4, -0.2) is 47.2 Å². The first-order valence-electron chi connectivity index (χ1n) is 9.58. The van der Waals surface area contributed by atoms with Gasteiger partial charge in [-0.2, -0.15) is 0 Å². The van der Waals surface area contributed by atoms with E-state index < -0.39 is 12.1 Å². The average molecular weight is 350 g/mol. The van der Waals surface area contributed by atoms with Crippen molar-refractivity contribution in [1.29, 1.82) is 0 Å². The Morgan fingerprint density at radius 3 is 2.52 bits per heavy atom. The molecule has 5 heteroatoms. The molecule has 4 rings (SSSR count). The fourth-order valence-electron chi connectivity index (χ4n) is 6.21. The van der Waals surface area contributed by atoms with Crippen LogP contribution < -0.4 is 0 Å². The van der Waals surface area contributed by atoms with E-state index in [1.807, 2.05) is 6.08 Å². The van der Waals surface area contributed by atoms with Gasteiger partial charge in [0, 0.05) is 0 Å². The Morgan fingerprint density at radius 2 is 1.92 bits per heavy atom. The van der Waals surface area contributed by atoms with Crippen molar-refractivity contribution in [2.45, 2.75) is 70.7 Å². The van der Waals surface area contributed by atoms with E-state index in [1.54, 1.807) is 0 Å². The standard InChI is InChI=1S/C20H30O5/c1-18(2)14-6-9-20(11-25-20)15(19(14,3)8-7-16(18)22)5-4-12-13(21)10-24-17(12)23/h4,13-16,21-22H,5-11H2,1-3H3/b12-4+/t13?,14-,15+,16-,19-,20+/m0/s1. The van der Waals surface area contributed by atoms with Gasteiger partial charge in [-0.1, -0.05) is 26.8 Å². The Labute approximate surface area is 149 Å². The topological polar surface area (TPSA) is 79.3 Å². The van der Waals surface area contributed by atoms with E-state index in [2.05, 4.69) is 20.8 Å². The van der Waals surface area contributed by atoms with E-state index in [0.717, 1.165) is 38.7 Å². The van der Waals surface area contributed by atoms with Gasteiger partial charge in [0.1, 0.15) is 12.7 Å². The van der Waals surface area contributed by atoms with Crippen molar-refractivity contribution in [3.8, 4) is 0 Å². The van der Waals surface area contributed by atoms with Crippen LogP contribution in [-0.2, 0) is 14.3 Å². The number of carbonyl (C=O) groups is 1. The predicted molar refractivity (Wildman–Crippen MR) is 91.7 cm³/mol. The largest absolute Gasteiger partial charge is 0.459 e. The van der Waals surface area contributed by atoms with Crippen LogP contribution in [0.3, 0.4) is 0 Å². The van der Waals surface area contributed by atoms with Crippen LogP contribution in [0.4, 0.5) is 0 Å². The molecular formula is C20H30O5. The van der Waals surface area contributed by atoms with Gasteiger partial charge in [0.15, 0.2) is 0 Å². The van der Waals surface area contributed by atoms with Crippen molar-refractivity contribution in [2.75, 3.05) is 13.2 Å². The Balaban J connectivity index is 1.65. The van der Waals surface area contributed by atoms with Crippen LogP contribution >= 0.6 is 0 Å². The first-order chi connectivity index (χ1) is 11.7. The first-order valence-corrected chi connectivity index (χ1v) is 9.58. The zero-order valence-electron chi connectivity index (χ0n) is 15.5. The van der Waals surface area contributed by atoms with Crippen molar-refractivity contribution >= 4 is 5.97 Å². The minimum Gasteiger partial charge on any atom is -0.459 e. The Morgan fingerprint density at radius 1 is 1.20 bits per heavy atom. The lowest BCUT2D eigenvalue weighted by molar-refractivity contribution is -0.153. The molecule has 140 valence electrons. The van der Waals surface area contributed by atoms with Gasteiger partial charge in [0.2, 0.25) is 0 Å². The summed E-state index contributed by atoms with van der Waals surface area (Å²) in [5.41, 5.74) is 0.285. The normalized spacial score (nSPS) is 50.0. The number of hydrogen-bond acceptors (Lipinski definition) is 5. The maximum atomic E-state index is 11.8. The smallest absolute Gasteiger partial charge is 0.336 e. The molecule has 6 atom stereocenters. The van der Waals surface area contributed by atoms with E-state index in [9.17, 15) is 15.0 Å². The molecule has 0 aromatic heterocycles. The van der Waals surface area contributed by atoms with E-state index in [4.69, 9.17) is 9.47 Å². The molecule has 2 aliphatic carbocycles. The minimum atomic E-state index is -0.805. The van der Waals surface area contributed by atoms with E-state index in [1.165, 1.54) is 0 Å². The van der Waals surface area contributed by atoms with Gasteiger partial charge < -0.3 is 19.7 Å². The van der Waals surface area contributed by atoms with Crippen LogP contribution in [0.2, 0.25) is 0 Å². The molecule has 0 amide bonds. The molecule has 1 unspecified atom stereocenters. The lowest BCUT2D eigenvalue weighted by Gasteiger charge is -2.60. The van der Waals surface area contributed by atoms with Gasteiger partial charge in [-0.05, 0) is 54.8 Å². The summed E-state index contributed by atoms with van der Waals surface area (Å²) < 4.78 is 10.9. The number of aliphatic hydroxyl groups is 2. The summed E-state index contributed by atoms with van der Waals surface area (Å²) in [5, 5.41) is 20.5. The Kier molecular flexibility index (Phi) is 3.88. The van der Waals surface area contributed by atoms with Crippen LogP contribution in [0.15, 0.2) is 11.6 Å². The highest BCUT2D eigenvalue weighted by Crippen LogP contribution is 2.66. The van der Waals surface area contributed by atoms with Crippen molar-refractivity contribution in [3.63, 3.8) is 0 Å². The van der Waals surface area contributed by atoms with Crippen LogP contribution in [0.1, 0.15) is 52.9 Å². The maximum Gasteiger partial charge on any atom is 0.336 e. The van der Waals surface area contributed by atoms with Gasteiger partial charge in [-0.3, -0.25) is 0 Å². The van der Waals surface area contributed by atoms with Gasteiger partial charge in [-0.25, -0.2) is 4.79 Å². The number of esters is 1. The van der Waals surface area contributed by atoms with Gasteiger partial charge >= 0.3 is 5.97 Å². The second kappa shape index (κ2) is 5.54.